The van der Waals surface area contributed by atoms with Gasteiger partial charge in [0.1, 0.15) is 11.0 Å². The summed E-state index contributed by atoms with van der Waals surface area (Å²) < 4.78 is 0. The molecule has 62 valence electrons. The summed E-state index contributed by atoms with van der Waals surface area (Å²) in [5.74, 6) is -0.576. The van der Waals surface area contributed by atoms with Gasteiger partial charge in [-0.05, 0) is 12.1 Å². The maximum atomic E-state index is 10.7. The average molecular weight is 166 g/mol. The van der Waals surface area contributed by atoms with E-state index in [0.29, 0.717) is 5.69 Å². The maximum Gasteiger partial charge on any atom is 0.251 e. The number of rotatable bonds is 3. The van der Waals surface area contributed by atoms with E-state index in [-0.39, 0.29) is 5.56 Å². The third-order valence-corrected chi connectivity index (χ3v) is 1.38. The molecule has 0 aliphatic carbocycles. The van der Waals surface area contributed by atoms with Gasteiger partial charge in [-0.2, -0.15) is 0 Å². The largest absolute Gasteiger partial charge is 0.366 e. The second kappa shape index (κ2) is 3.47. The Labute approximate surface area is 68.5 Å². The van der Waals surface area contributed by atoms with Crippen molar-refractivity contribution in [1.82, 2.24) is 0 Å². The molecule has 5 heteroatoms. The molecule has 0 fully saturated rings. The molecule has 12 heavy (non-hydrogen) atoms. The molecule has 1 aromatic carbocycles. The number of carbonyl (C=O) groups excluding carboxylic acids is 1. The molecule has 0 atom stereocenters. The summed E-state index contributed by atoms with van der Waals surface area (Å²) in [7, 11) is 0. The van der Waals surface area contributed by atoms with Gasteiger partial charge in [0.15, 0.2) is 0 Å². The normalized spacial score (nSPS) is 9.00. The van der Waals surface area contributed by atoms with Gasteiger partial charge in [0, 0.05) is 4.91 Å². The molecule has 1 amide bonds. The van der Waals surface area contributed by atoms with Crippen molar-refractivity contribution in [2.45, 2.75) is 0 Å². The molecule has 1 rings (SSSR count). The van der Waals surface area contributed by atoms with Crippen LogP contribution < -0.4 is 16.4 Å². The molecule has 5 nitrogen and oxygen atoms in total. The number of nitroso groups, excluding NO2 is 1. The van der Waals surface area contributed by atoms with Crippen molar-refractivity contribution in [3.05, 3.63) is 34.7 Å². The third-order valence-electron chi connectivity index (χ3n) is 1.38. The maximum absolute atomic E-state index is 10.7. The van der Waals surface area contributed by atoms with E-state index in [1.165, 1.54) is 11.4 Å². The van der Waals surface area contributed by atoms with Crippen LogP contribution in [-0.2, 0) is 0 Å². The van der Waals surface area contributed by atoms with Gasteiger partial charge in [-0.25, -0.2) is 0 Å². The molecule has 0 aliphatic heterocycles. The van der Waals surface area contributed by atoms with Crippen molar-refractivity contribution in [3.63, 3.8) is 0 Å². The molecule has 1 aromatic rings. The molecule has 0 aliphatic rings. The molecule has 0 radical (unpaired) electrons. The lowest BCUT2D eigenvalue weighted by molar-refractivity contribution is -0.443. The molecule has 0 saturated heterocycles. The van der Waals surface area contributed by atoms with Crippen LogP contribution in [0, 0.1) is 4.91 Å². The van der Waals surface area contributed by atoms with Crippen LogP contribution in [0.15, 0.2) is 24.3 Å². The molecule has 0 saturated carbocycles. The van der Waals surface area contributed by atoms with E-state index in [1.807, 2.05) is 0 Å². The van der Waals surface area contributed by atoms with Crippen LogP contribution in [-0.4, -0.2) is 5.91 Å². The summed E-state index contributed by atoms with van der Waals surface area (Å²) in [6, 6.07) is 6.45. The summed E-state index contributed by atoms with van der Waals surface area (Å²) in [5.41, 5.74) is 7.94. The van der Waals surface area contributed by atoms with Crippen molar-refractivity contribution in [2.24, 2.45) is 5.73 Å². The van der Waals surface area contributed by atoms with Crippen LogP contribution in [0.3, 0.4) is 0 Å². The minimum Gasteiger partial charge on any atom is -0.366 e. The Kier molecular flexibility index (Phi) is 2.37. The van der Waals surface area contributed by atoms with Gasteiger partial charge in [-0.1, -0.05) is 12.1 Å². The van der Waals surface area contributed by atoms with E-state index in [2.05, 4.69) is 5.43 Å². The lowest BCUT2D eigenvalue weighted by Crippen LogP contribution is -2.69. The van der Waals surface area contributed by atoms with Crippen molar-refractivity contribution in [3.8, 4) is 0 Å². The minimum absolute atomic E-state index is 0.279. The number of anilines is 1. The molecule has 0 spiro atoms. The monoisotopic (exact) mass is 166 g/mol. The Morgan fingerprint density at radius 1 is 1.42 bits per heavy atom. The number of carbonyl (C=O) groups is 1. The van der Waals surface area contributed by atoms with Crippen LogP contribution >= 0.6 is 0 Å². The quantitative estimate of drug-likeness (QED) is 0.501. The Bertz CT molecular complexity index is 311. The first kappa shape index (κ1) is 8.19. The van der Waals surface area contributed by atoms with Crippen molar-refractivity contribution < 1.29 is 10.1 Å². The molecule has 0 unspecified atom stereocenters. The predicted molar refractivity (Wildman–Crippen MR) is 42.9 cm³/mol. The highest BCUT2D eigenvalue weighted by Crippen LogP contribution is 2.11. The van der Waals surface area contributed by atoms with Gasteiger partial charge in [0.25, 0.3) is 5.91 Å². The van der Waals surface area contributed by atoms with Gasteiger partial charge in [-0.15, -0.1) is 5.43 Å². The van der Waals surface area contributed by atoms with Crippen LogP contribution in [0.25, 0.3) is 0 Å². The molecule has 0 heterocycles. The highest BCUT2D eigenvalue weighted by Gasteiger charge is 2.07. The van der Waals surface area contributed by atoms with Crippen LogP contribution in [0.5, 0.6) is 0 Å². The number of benzene rings is 1. The van der Waals surface area contributed by atoms with Crippen molar-refractivity contribution in [2.75, 3.05) is 5.43 Å². The van der Waals surface area contributed by atoms with E-state index in [1.54, 1.807) is 18.2 Å². The Hall–Kier alpha value is -1.91. The Balaban J connectivity index is 3.07. The van der Waals surface area contributed by atoms with Crippen molar-refractivity contribution >= 4 is 11.6 Å². The number of primary amides is 1. The zero-order chi connectivity index (χ0) is 8.97. The highest BCUT2D eigenvalue weighted by molar-refractivity contribution is 5.98. The number of hydrazine groups is 1. The predicted octanol–water partition coefficient (Wildman–Crippen LogP) is -1.04. The van der Waals surface area contributed by atoms with Gasteiger partial charge < -0.3 is 5.73 Å². The highest BCUT2D eigenvalue weighted by atomic mass is 16.3. The number of hydrogen-bond donors (Lipinski definition) is 3. The zero-order valence-electron chi connectivity index (χ0n) is 6.20. The van der Waals surface area contributed by atoms with Gasteiger partial charge in [-0.3, -0.25) is 4.79 Å². The number of nitrogens with two attached hydrogens (primary N) is 1. The lowest BCUT2D eigenvalue weighted by atomic mass is 10.2. The summed E-state index contributed by atoms with van der Waals surface area (Å²) >= 11 is 0. The minimum atomic E-state index is -0.576. The molecule has 4 N–H and O–H groups in total. The summed E-state index contributed by atoms with van der Waals surface area (Å²) in [6.45, 7) is 0. The van der Waals surface area contributed by atoms with Gasteiger partial charge >= 0.3 is 0 Å². The number of nitrogens with one attached hydrogen (secondary N) is 2. The fourth-order valence-electron chi connectivity index (χ4n) is 0.862. The number of amides is 1. The second-order valence-electron chi connectivity index (χ2n) is 2.14. The van der Waals surface area contributed by atoms with E-state index in [0.717, 1.165) is 0 Å². The van der Waals surface area contributed by atoms with E-state index >= 15 is 0 Å². The van der Waals surface area contributed by atoms with Crippen LogP contribution in [0.4, 0.5) is 5.69 Å². The lowest BCUT2D eigenvalue weighted by Gasteiger charge is -1.98. The van der Waals surface area contributed by atoms with Crippen LogP contribution in [0.1, 0.15) is 10.4 Å². The summed E-state index contributed by atoms with van der Waals surface area (Å²) in [4.78, 5) is 20.7. The number of hydrogen-bond acceptors (Lipinski definition) is 2. The fraction of sp³-hybridized carbons (Fsp3) is 0. The van der Waals surface area contributed by atoms with Crippen LogP contribution in [0.2, 0.25) is 0 Å². The Morgan fingerprint density at radius 3 is 2.67 bits per heavy atom. The first-order valence-corrected chi connectivity index (χ1v) is 3.27. The molecule has 0 aromatic heterocycles. The first-order valence-electron chi connectivity index (χ1n) is 3.27. The first-order chi connectivity index (χ1) is 5.75. The molecular weight excluding hydrogens is 158 g/mol. The summed E-state index contributed by atoms with van der Waals surface area (Å²) in [6.07, 6.45) is 0. The van der Waals surface area contributed by atoms with E-state index in [4.69, 9.17) is 5.73 Å². The SMILES string of the molecule is NC(=O)c1ccccc1N[NH+]=O. The topological polar surface area (TPSA) is 86.2 Å². The standard InChI is InChI=1S/C7H7N3O2/c8-7(11)5-3-1-2-4-6(5)9-10-12/h1-4H,(H2,8,11)(H,9,12)/p+1. The fourth-order valence-corrected chi connectivity index (χ4v) is 0.862. The van der Waals surface area contributed by atoms with Crippen molar-refractivity contribution in [1.29, 1.82) is 0 Å². The van der Waals surface area contributed by atoms with E-state index < -0.39 is 5.91 Å². The smallest absolute Gasteiger partial charge is 0.251 e. The second-order valence-corrected chi connectivity index (χ2v) is 2.14. The average Bonchev–Trinajstić information content (AvgIpc) is 2.05. The van der Waals surface area contributed by atoms with Gasteiger partial charge in [0.05, 0.1) is 5.56 Å². The zero-order valence-corrected chi connectivity index (χ0v) is 6.20. The number of para-hydroxylation sites is 1. The van der Waals surface area contributed by atoms with E-state index in [9.17, 15) is 9.70 Å². The molecular formula is C7H8N3O2+. The molecule has 0 bridgehead atoms. The third kappa shape index (κ3) is 1.57. The summed E-state index contributed by atoms with van der Waals surface area (Å²) in [5, 5.41) is 1.47. The Morgan fingerprint density at radius 2 is 2.08 bits per heavy atom. The van der Waals surface area contributed by atoms with Gasteiger partial charge in [0.2, 0.25) is 0 Å².